The monoisotopic (exact) mass is 284 g/mol. The van der Waals surface area contributed by atoms with Gasteiger partial charge in [0.25, 0.3) is 5.56 Å². The zero-order valence-electron chi connectivity index (χ0n) is 12.1. The van der Waals surface area contributed by atoms with E-state index < -0.39 is 0 Å². The van der Waals surface area contributed by atoms with Crippen LogP contribution < -0.4 is 10.5 Å². The van der Waals surface area contributed by atoms with Crippen LogP contribution in [-0.2, 0) is 6.42 Å². The summed E-state index contributed by atoms with van der Waals surface area (Å²) in [7, 11) is 0. The Labute approximate surface area is 124 Å². The maximum Gasteiger partial charge on any atom is 0.274 e. The number of H-pyrrole nitrogens is 1. The summed E-state index contributed by atoms with van der Waals surface area (Å²) in [6.07, 6.45) is 5.31. The third-order valence-corrected chi connectivity index (χ3v) is 3.87. The Morgan fingerprint density at radius 1 is 1.00 bits per heavy atom. The van der Waals surface area contributed by atoms with E-state index in [-0.39, 0.29) is 5.56 Å². The summed E-state index contributed by atoms with van der Waals surface area (Å²) < 4.78 is 0. The van der Waals surface area contributed by atoms with Crippen molar-refractivity contribution in [2.24, 2.45) is 0 Å². The fraction of sp³-hybridized carbons (Fsp3) is 0.438. The van der Waals surface area contributed by atoms with Crippen LogP contribution in [0.15, 0.2) is 35.1 Å². The van der Waals surface area contributed by atoms with Gasteiger partial charge >= 0.3 is 0 Å². The number of benzene rings is 1. The minimum absolute atomic E-state index is 0.131. The van der Waals surface area contributed by atoms with Crippen LogP contribution in [0, 0.1) is 0 Å². The highest BCUT2D eigenvalue weighted by Gasteiger charge is 2.14. The van der Waals surface area contributed by atoms with E-state index in [0.29, 0.717) is 18.1 Å². The molecule has 0 aliphatic carbocycles. The molecule has 21 heavy (non-hydrogen) atoms. The lowest BCUT2D eigenvalue weighted by Crippen LogP contribution is -2.30. The molecule has 110 valence electrons. The fourth-order valence-electron chi connectivity index (χ4n) is 2.68. The zero-order chi connectivity index (χ0) is 14.5. The predicted octanol–water partition coefficient (Wildman–Crippen LogP) is 2.14. The number of hydrogen-bond acceptors (Lipinski definition) is 4. The molecule has 0 atom stereocenters. The van der Waals surface area contributed by atoms with Crippen molar-refractivity contribution < 1.29 is 0 Å². The second kappa shape index (κ2) is 6.52. The maximum absolute atomic E-state index is 12.2. The first-order valence-electron chi connectivity index (χ1n) is 7.58. The standard InChI is InChI=1S/C16H20N4O/c21-15-14(12-13-8-4-3-5-9-13)18-19-16(17-15)20-10-6-1-2-7-11-20/h3-5,8-9H,1-2,6-7,10-12H2,(H,17,19,21). The van der Waals surface area contributed by atoms with Gasteiger partial charge in [0.2, 0.25) is 5.95 Å². The molecule has 2 aromatic rings. The van der Waals surface area contributed by atoms with Crippen LogP contribution in [-0.4, -0.2) is 28.3 Å². The Morgan fingerprint density at radius 3 is 2.38 bits per heavy atom. The fourth-order valence-corrected chi connectivity index (χ4v) is 2.68. The molecule has 0 amide bonds. The Balaban J connectivity index is 1.78. The van der Waals surface area contributed by atoms with Gasteiger partial charge in [-0.25, -0.2) is 0 Å². The SMILES string of the molecule is O=c1[nH]c(N2CCCCCC2)nnc1Cc1ccccc1. The van der Waals surface area contributed by atoms with E-state index in [1.165, 1.54) is 12.8 Å². The molecule has 0 unspecified atom stereocenters. The van der Waals surface area contributed by atoms with Gasteiger partial charge in [0.05, 0.1) is 0 Å². The molecule has 3 rings (SSSR count). The summed E-state index contributed by atoms with van der Waals surface area (Å²) >= 11 is 0. The van der Waals surface area contributed by atoms with Crippen LogP contribution in [0.1, 0.15) is 36.9 Å². The molecule has 1 fully saturated rings. The third kappa shape index (κ3) is 3.48. The lowest BCUT2D eigenvalue weighted by Gasteiger charge is -2.19. The van der Waals surface area contributed by atoms with E-state index in [9.17, 15) is 4.79 Å². The number of nitrogens with one attached hydrogen (secondary N) is 1. The van der Waals surface area contributed by atoms with Crippen molar-refractivity contribution >= 4 is 5.95 Å². The normalized spacial score (nSPS) is 15.7. The first-order chi connectivity index (χ1) is 10.3. The van der Waals surface area contributed by atoms with E-state index in [1.807, 2.05) is 30.3 Å². The van der Waals surface area contributed by atoms with E-state index in [0.717, 1.165) is 31.5 Å². The maximum atomic E-state index is 12.2. The molecule has 5 heteroatoms. The number of nitrogens with zero attached hydrogens (tertiary/aromatic N) is 3. The molecule has 1 aliphatic heterocycles. The van der Waals surface area contributed by atoms with Crippen molar-refractivity contribution in [3.8, 4) is 0 Å². The van der Waals surface area contributed by atoms with Gasteiger partial charge in [-0.15, -0.1) is 10.2 Å². The highest BCUT2D eigenvalue weighted by Crippen LogP contribution is 2.13. The van der Waals surface area contributed by atoms with E-state index in [1.54, 1.807) is 0 Å². The largest absolute Gasteiger partial charge is 0.341 e. The molecule has 2 heterocycles. The number of anilines is 1. The molecule has 0 bridgehead atoms. The van der Waals surface area contributed by atoms with Crippen molar-refractivity contribution in [2.45, 2.75) is 32.1 Å². The van der Waals surface area contributed by atoms with Crippen LogP contribution in [0.4, 0.5) is 5.95 Å². The molecular weight excluding hydrogens is 264 g/mol. The molecule has 0 spiro atoms. The number of aromatic nitrogens is 3. The highest BCUT2D eigenvalue weighted by molar-refractivity contribution is 5.28. The van der Waals surface area contributed by atoms with Gasteiger partial charge in [0.15, 0.2) is 0 Å². The second-order valence-electron chi connectivity index (χ2n) is 5.49. The molecule has 1 aliphatic rings. The predicted molar refractivity (Wildman–Crippen MR) is 82.6 cm³/mol. The van der Waals surface area contributed by atoms with Gasteiger partial charge in [0.1, 0.15) is 5.69 Å². The smallest absolute Gasteiger partial charge is 0.274 e. The molecule has 0 saturated carbocycles. The van der Waals surface area contributed by atoms with Gasteiger partial charge in [-0.05, 0) is 18.4 Å². The summed E-state index contributed by atoms with van der Waals surface area (Å²) in [6, 6.07) is 9.86. The average Bonchev–Trinajstić information content (AvgIpc) is 2.79. The Hall–Kier alpha value is -2.17. The van der Waals surface area contributed by atoms with Crippen molar-refractivity contribution in [3.05, 3.63) is 51.9 Å². The molecular formula is C16H20N4O. The minimum Gasteiger partial charge on any atom is -0.341 e. The van der Waals surface area contributed by atoms with Crippen LogP contribution in [0.2, 0.25) is 0 Å². The molecule has 1 aromatic heterocycles. The van der Waals surface area contributed by atoms with Crippen LogP contribution in [0.25, 0.3) is 0 Å². The summed E-state index contributed by atoms with van der Waals surface area (Å²) in [5.41, 5.74) is 1.41. The minimum atomic E-state index is -0.131. The Bertz CT molecular complexity index is 630. The number of aromatic amines is 1. The van der Waals surface area contributed by atoms with Gasteiger partial charge in [-0.3, -0.25) is 9.78 Å². The number of rotatable bonds is 3. The Morgan fingerprint density at radius 2 is 1.71 bits per heavy atom. The van der Waals surface area contributed by atoms with Crippen molar-refractivity contribution in [1.29, 1.82) is 0 Å². The first-order valence-corrected chi connectivity index (χ1v) is 7.58. The second-order valence-corrected chi connectivity index (χ2v) is 5.49. The first kappa shape index (κ1) is 13.8. The van der Waals surface area contributed by atoms with Crippen LogP contribution in [0.3, 0.4) is 0 Å². The highest BCUT2D eigenvalue weighted by atomic mass is 16.1. The molecule has 1 N–H and O–H groups in total. The quantitative estimate of drug-likeness (QED) is 0.938. The van der Waals surface area contributed by atoms with Gasteiger partial charge < -0.3 is 4.90 Å². The number of hydrogen-bond donors (Lipinski definition) is 1. The summed E-state index contributed by atoms with van der Waals surface area (Å²) in [5, 5.41) is 8.37. The summed E-state index contributed by atoms with van der Waals surface area (Å²) in [5.74, 6) is 0.610. The zero-order valence-corrected chi connectivity index (χ0v) is 12.1. The summed E-state index contributed by atoms with van der Waals surface area (Å²) in [4.78, 5) is 17.2. The Kier molecular flexibility index (Phi) is 4.28. The lowest BCUT2D eigenvalue weighted by atomic mass is 10.1. The topological polar surface area (TPSA) is 61.9 Å². The van der Waals surface area contributed by atoms with Crippen molar-refractivity contribution in [3.63, 3.8) is 0 Å². The van der Waals surface area contributed by atoms with Crippen molar-refractivity contribution in [2.75, 3.05) is 18.0 Å². The van der Waals surface area contributed by atoms with Crippen LogP contribution >= 0.6 is 0 Å². The van der Waals surface area contributed by atoms with E-state index in [4.69, 9.17) is 0 Å². The van der Waals surface area contributed by atoms with Gasteiger partial charge in [-0.1, -0.05) is 43.2 Å². The van der Waals surface area contributed by atoms with Crippen LogP contribution in [0.5, 0.6) is 0 Å². The van der Waals surface area contributed by atoms with Crippen molar-refractivity contribution in [1.82, 2.24) is 15.2 Å². The summed E-state index contributed by atoms with van der Waals surface area (Å²) in [6.45, 7) is 1.89. The molecule has 1 aromatic carbocycles. The van der Waals surface area contributed by atoms with Gasteiger partial charge in [-0.2, -0.15) is 0 Å². The van der Waals surface area contributed by atoms with E-state index in [2.05, 4.69) is 20.1 Å². The molecule has 0 radical (unpaired) electrons. The molecule has 5 nitrogen and oxygen atoms in total. The lowest BCUT2D eigenvalue weighted by molar-refractivity contribution is 0.726. The third-order valence-electron chi connectivity index (χ3n) is 3.87. The van der Waals surface area contributed by atoms with Gasteiger partial charge in [0, 0.05) is 19.5 Å². The average molecular weight is 284 g/mol. The molecule has 1 saturated heterocycles. The van der Waals surface area contributed by atoms with E-state index >= 15 is 0 Å².